The summed E-state index contributed by atoms with van der Waals surface area (Å²) in [5.74, 6) is 0.642. The van der Waals surface area contributed by atoms with Gasteiger partial charge < -0.3 is 24.9 Å². The largest absolute Gasteiger partial charge is 0.465 e. The topological polar surface area (TPSA) is 103 Å². The second-order valence-electron chi connectivity index (χ2n) is 6.86. The van der Waals surface area contributed by atoms with E-state index in [1.165, 1.54) is 0 Å². The Bertz CT molecular complexity index is 1080. The van der Waals surface area contributed by atoms with E-state index < -0.39 is 6.09 Å². The predicted octanol–water partition coefficient (Wildman–Crippen LogP) is 2.66. The average Bonchev–Trinajstić information content (AvgIpc) is 3.03. The predicted molar refractivity (Wildman–Crippen MR) is 107 cm³/mol. The highest BCUT2D eigenvalue weighted by Gasteiger charge is 2.26. The first-order valence-corrected chi connectivity index (χ1v) is 9.46. The van der Waals surface area contributed by atoms with Crippen molar-refractivity contribution in [1.29, 1.82) is 0 Å². The highest BCUT2D eigenvalue weighted by Crippen LogP contribution is 2.26. The lowest BCUT2D eigenvalue weighted by atomic mass is 10.1. The van der Waals surface area contributed by atoms with E-state index in [-0.39, 0.29) is 11.6 Å². The number of fused-ring (bicyclic) bond motifs is 1. The number of nitrogens with one attached hydrogen (secondary N) is 2. The third kappa shape index (κ3) is 3.55. The van der Waals surface area contributed by atoms with Gasteiger partial charge in [0.2, 0.25) is 5.95 Å². The van der Waals surface area contributed by atoms with Gasteiger partial charge in [-0.05, 0) is 30.5 Å². The van der Waals surface area contributed by atoms with Crippen LogP contribution in [0.25, 0.3) is 11.0 Å². The molecule has 1 aliphatic heterocycles. The Morgan fingerprint density at radius 3 is 2.96 bits per heavy atom. The molecule has 1 fully saturated rings. The molecule has 4 rings (SSSR count). The molecule has 1 amide bonds. The lowest BCUT2D eigenvalue weighted by Crippen LogP contribution is -2.48. The molecule has 1 saturated heterocycles. The van der Waals surface area contributed by atoms with Crippen molar-refractivity contribution in [2.75, 3.05) is 18.0 Å². The fourth-order valence-corrected chi connectivity index (χ4v) is 3.91. The molecule has 2 aromatic heterocycles. The number of anilines is 1. The summed E-state index contributed by atoms with van der Waals surface area (Å²) < 4.78 is 1.86. The number of hydrogen-bond acceptors (Lipinski definition) is 4. The van der Waals surface area contributed by atoms with Gasteiger partial charge in [-0.1, -0.05) is 29.8 Å². The molecular weight excluding hydrogens is 382 g/mol. The molecule has 146 valence electrons. The number of nitrogens with zero attached hydrogens (tertiary/aromatic N) is 3. The van der Waals surface area contributed by atoms with Crippen LogP contribution in [0, 0.1) is 0 Å². The number of amides is 1. The number of benzene rings is 1. The molecule has 1 aliphatic rings. The summed E-state index contributed by atoms with van der Waals surface area (Å²) in [7, 11) is 0. The molecule has 0 spiro atoms. The number of rotatable bonds is 4. The Morgan fingerprint density at radius 1 is 1.36 bits per heavy atom. The number of aromatic amines is 1. The summed E-state index contributed by atoms with van der Waals surface area (Å²) in [5.41, 5.74) is 1.73. The highest BCUT2D eigenvalue weighted by atomic mass is 35.5. The molecule has 9 heteroatoms. The summed E-state index contributed by atoms with van der Waals surface area (Å²) in [6.45, 7) is 1.63. The van der Waals surface area contributed by atoms with Crippen molar-refractivity contribution in [3.8, 4) is 0 Å². The fraction of sp³-hybridized carbons (Fsp3) is 0.316. The van der Waals surface area contributed by atoms with Gasteiger partial charge in [-0.15, -0.1) is 0 Å². The van der Waals surface area contributed by atoms with E-state index in [0.29, 0.717) is 35.1 Å². The molecule has 3 aromatic rings. The van der Waals surface area contributed by atoms with E-state index in [1.54, 1.807) is 12.3 Å². The normalized spacial score (nSPS) is 17.0. The van der Waals surface area contributed by atoms with Crippen LogP contribution < -0.4 is 15.8 Å². The van der Waals surface area contributed by atoms with E-state index >= 15 is 0 Å². The minimum Gasteiger partial charge on any atom is -0.465 e. The van der Waals surface area contributed by atoms with Crippen molar-refractivity contribution in [3.63, 3.8) is 0 Å². The maximum absolute atomic E-state index is 12.5. The maximum Gasteiger partial charge on any atom is 0.404 e. The van der Waals surface area contributed by atoms with Gasteiger partial charge in [-0.3, -0.25) is 4.79 Å². The van der Waals surface area contributed by atoms with Crippen LogP contribution in [0.4, 0.5) is 10.7 Å². The van der Waals surface area contributed by atoms with Crippen LogP contribution in [-0.4, -0.2) is 44.9 Å². The Hall–Kier alpha value is -3.00. The summed E-state index contributed by atoms with van der Waals surface area (Å²) in [4.78, 5) is 33.0. The Balaban J connectivity index is 1.77. The second-order valence-corrected chi connectivity index (χ2v) is 7.27. The second kappa shape index (κ2) is 7.55. The molecular formula is C19H20ClN5O3. The van der Waals surface area contributed by atoms with Gasteiger partial charge in [-0.2, -0.15) is 0 Å². The van der Waals surface area contributed by atoms with E-state index in [2.05, 4.69) is 15.3 Å². The van der Waals surface area contributed by atoms with Gasteiger partial charge in [-0.25, -0.2) is 9.78 Å². The number of hydrogen-bond donors (Lipinski definition) is 3. The zero-order valence-electron chi connectivity index (χ0n) is 15.1. The third-order valence-corrected chi connectivity index (χ3v) is 5.33. The van der Waals surface area contributed by atoms with Gasteiger partial charge in [0.25, 0.3) is 5.56 Å². The quantitative estimate of drug-likeness (QED) is 0.623. The van der Waals surface area contributed by atoms with Crippen molar-refractivity contribution < 1.29 is 9.90 Å². The molecule has 0 saturated carbocycles. The SMILES string of the molecule is O=C(O)N[C@@H]1CCCN(c2nc3cc[nH]c(=O)c3n2Cc2ccccc2Cl)C1. The molecule has 1 atom stereocenters. The van der Waals surface area contributed by atoms with E-state index in [4.69, 9.17) is 16.7 Å². The summed E-state index contributed by atoms with van der Waals surface area (Å²) in [6.07, 6.45) is 2.14. The maximum atomic E-state index is 12.5. The van der Waals surface area contributed by atoms with E-state index in [1.807, 2.05) is 33.7 Å². The standard InChI is InChI=1S/C19H20ClN5O3/c20-14-6-2-1-4-12(14)10-25-16-15(7-8-21-17(16)26)23-18(25)24-9-3-5-13(11-24)22-19(27)28/h1-2,4,6-8,13,22H,3,5,9-11H2,(H,21,26)(H,27,28)/t13-/m1/s1. The number of carbonyl (C=O) groups is 1. The lowest BCUT2D eigenvalue weighted by Gasteiger charge is -2.33. The molecule has 28 heavy (non-hydrogen) atoms. The number of halogens is 1. The van der Waals surface area contributed by atoms with Crippen LogP contribution in [0.15, 0.2) is 41.3 Å². The Morgan fingerprint density at radius 2 is 2.18 bits per heavy atom. The van der Waals surface area contributed by atoms with E-state index in [9.17, 15) is 9.59 Å². The van der Waals surface area contributed by atoms with Crippen LogP contribution >= 0.6 is 11.6 Å². The van der Waals surface area contributed by atoms with Crippen molar-refractivity contribution >= 4 is 34.7 Å². The van der Waals surface area contributed by atoms with E-state index in [0.717, 1.165) is 24.9 Å². The highest BCUT2D eigenvalue weighted by molar-refractivity contribution is 6.31. The first-order valence-electron chi connectivity index (χ1n) is 9.08. The number of aromatic nitrogens is 3. The molecule has 0 unspecified atom stereocenters. The van der Waals surface area contributed by atoms with Crippen molar-refractivity contribution in [2.24, 2.45) is 0 Å². The van der Waals surface area contributed by atoms with Crippen molar-refractivity contribution in [1.82, 2.24) is 19.9 Å². The molecule has 0 bridgehead atoms. The van der Waals surface area contributed by atoms with Gasteiger partial charge in [0.15, 0.2) is 0 Å². The zero-order chi connectivity index (χ0) is 19.7. The number of pyridine rings is 1. The van der Waals surface area contributed by atoms with Crippen molar-refractivity contribution in [3.05, 3.63) is 57.5 Å². The molecule has 0 aliphatic carbocycles. The van der Waals surface area contributed by atoms with Crippen LogP contribution in [-0.2, 0) is 6.54 Å². The summed E-state index contributed by atoms with van der Waals surface area (Å²) in [5, 5.41) is 12.2. The molecule has 0 radical (unpaired) electrons. The average molecular weight is 402 g/mol. The van der Waals surface area contributed by atoms with Gasteiger partial charge in [0, 0.05) is 30.4 Å². The molecule has 3 N–H and O–H groups in total. The lowest BCUT2D eigenvalue weighted by molar-refractivity contribution is 0.188. The molecule has 1 aromatic carbocycles. The summed E-state index contributed by atoms with van der Waals surface area (Å²) in [6, 6.07) is 9.07. The van der Waals surface area contributed by atoms with Crippen LogP contribution in [0.1, 0.15) is 18.4 Å². The van der Waals surface area contributed by atoms with Gasteiger partial charge in [0.05, 0.1) is 12.1 Å². The van der Waals surface area contributed by atoms with Gasteiger partial charge in [0.1, 0.15) is 5.52 Å². The first-order chi connectivity index (χ1) is 13.5. The number of H-pyrrole nitrogens is 1. The fourth-order valence-electron chi connectivity index (χ4n) is 3.72. The zero-order valence-corrected chi connectivity index (χ0v) is 15.8. The first kappa shape index (κ1) is 18.4. The van der Waals surface area contributed by atoms with Crippen molar-refractivity contribution in [2.45, 2.75) is 25.4 Å². The third-order valence-electron chi connectivity index (χ3n) is 4.96. The van der Waals surface area contributed by atoms with Gasteiger partial charge >= 0.3 is 6.09 Å². The smallest absolute Gasteiger partial charge is 0.404 e. The minimum absolute atomic E-state index is 0.182. The summed E-state index contributed by atoms with van der Waals surface area (Å²) >= 11 is 6.34. The molecule has 3 heterocycles. The monoisotopic (exact) mass is 401 g/mol. The Kier molecular flexibility index (Phi) is 4.95. The number of carboxylic acid groups (broad SMARTS) is 1. The molecule has 8 nitrogen and oxygen atoms in total. The van der Waals surface area contributed by atoms with Crippen LogP contribution in [0.5, 0.6) is 0 Å². The number of imidazole rings is 1. The Labute approximate surface area is 165 Å². The van der Waals surface area contributed by atoms with Crippen LogP contribution in [0.2, 0.25) is 5.02 Å². The minimum atomic E-state index is -1.03. The van der Waals surface area contributed by atoms with Crippen LogP contribution in [0.3, 0.4) is 0 Å². The number of piperidine rings is 1.